The van der Waals surface area contributed by atoms with Gasteiger partial charge in [-0.1, -0.05) is 34.6 Å². The summed E-state index contributed by atoms with van der Waals surface area (Å²) in [6.45, 7) is 11.3. The Labute approximate surface area is 180 Å². The van der Waals surface area contributed by atoms with Crippen molar-refractivity contribution in [2.45, 2.75) is 84.9 Å². The summed E-state index contributed by atoms with van der Waals surface area (Å²) in [6, 6.07) is 0. The van der Waals surface area contributed by atoms with Gasteiger partial charge in [-0.25, -0.2) is 0 Å². The molecule has 0 bridgehead atoms. The summed E-state index contributed by atoms with van der Waals surface area (Å²) in [7, 11) is 0. The number of hydrogen-bond acceptors (Lipinski definition) is 8. The third kappa shape index (κ3) is 8.59. The normalized spacial score (nSPS) is 35.1. The molecule has 8 nitrogen and oxygen atoms in total. The molecule has 8 heteroatoms. The number of cyclic esters (lactones) is 1. The van der Waals surface area contributed by atoms with E-state index in [0.29, 0.717) is 12.3 Å². The zero-order valence-corrected chi connectivity index (χ0v) is 19.2. The quantitative estimate of drug-likeness (QED) is 0.291. The van der Waals surface area contributed by atoms with Crippen LogP contribution in [0, 0.1) is 23.7 Å². The van der Waals surface area contributed by atoms with Crippen molar-refractivity contribution in [2.24, 2.45) is 29.4 Å². The van der Waals surface area contributed by atoms with Crippen molar-refractivity contribution < 1.29 is 29.3 Å². The standard InChI is InChI=1S/C22H42N2O6/c1-6-19-14(3)7-8-24-12-13(2)9-15(4)21(30-22(28)18(26)11-23)16(5)17(25)10-20(27)29-19/h13-16,18-19,21-22,24,26,28H,6-12,23H2,1-5H3/t13-,14-,15+,16+,18?,19-,21+,22?/m1/s1. The van der Waals surface area contributed by atoms with Gasteiger partial charge in [-0.3, -0.25) is 9.59 Å². The second-order valence-electron chi connectivity index (χ2n) is 8.95. The van der Waals surface area contributed by atoms with Crippen LogP contribution in [-0.4, -0.2) is 66.2 Å². The van der Waals surface area contributed by atoms with Crippen molar-refractivity contribution in [1.82, 2.24) is 5.32 Å². The first-order valence-electron chi connectivity index (χ1n) is 11.2. The molecular formula is C22H42N2O6. The Morgan fingerprint density at radius 2 is 1.87 bits per heavy atom. The van der Waals surface area contributed by atoms with Crippen LogP contribution in [0.15, 0.2) is 0 Å². The summed E-state index contributed by atoms with van der Waals surface area (Å²) >= 11 is 0. The molecule has 1 fully saturated rings. The highest BCUT2D eigenvalue weighted by atomic mass is 16.6. The Morgan fingerprint density at radius 3 is 2.47 bits per heavy atom. The van der Waals surface area contributed by atoms with Gasteiger partial charge in [0.05, 0.1) is 6.10 Å². The van der Waals surface area contributed by atoms with Gasteiger partial charge in [-0.15, -0.1) is 0 Å². The minimum atomic E-state index is -1.49. The number of Topliss-reactive ketones (excluding diaryl/α,β-unsaturated/α-hetero) is 1. The van der Waals surface area contributed by atoms with Gasteiger partial charge in [-0.2, -0.15) is 0 Å². The summed E-state index contributed by atoms with van der Waals surface area (Å²) in [6.07, 6.45) is -1.62. The van der Waals surface area contributed by atoms with Crippen molar-refractivity contribution in [3.8, 4) is 0 Å². The predicted octanol–water partition coefficient (Wildman–Crippen LogP) is 1.22. The first-order valence-corrected chi connectivity index (χ1v) is 11.2. The molecule has 0 aliphatic carbocycles. The molecule has 0 aromatic rings. The Bertz CT molecular complexity index is 532. The minimum absolute atomic E-state index is 0.0798. The SMILES string of the molecule is CC[C@H]1OC(=O)CC(=O)[C@H](C)[C@@H](OC(O)C(O)CN)[C@@H](C)C[C@@H](C)CNCC[C@H]1C. The number of nitrogens with two attached hydrogens (primary N) is 1. The third-order valence-corrected chi connectivity index (χ3v) is 6.11. The van der Waals surface area contributed by atoms with Gasteiger partial charge < -0.3 is 30.7 Å². The van der Waals surface area contributed by atoms with Crippen LogP contribution in [0.4, 0.5) is 0 Å². The number of ether oxygens (including phenoxy) is 2. The molecule has 0 spiro atoms. The van der Waals surface area contributed by atoms with E-state index in [0.717, 1.165) is 25.9 Å². The second kappa shape index (κ2) is 13.4. The fourth-order valence-electron chi connectivity index (χ4n) is 4.13. The van der Waals surface area contributed by atoms with Crippen molar-refractivity contribution in [2.75, 3.05) is 19.6 Å². The fraction of sp³-hybridized carbons (Fsp3) is 0.909. The van der Waals surface area contributed by atoms with Crippen molar-refractivity contribution in [3.63, 3.8) is 0 Å². The average molecular weight is 431 g/mol. The molecule has 1 aliphatic rings. The molecular weight excluding hydrogens is 388 g/mol. The fourth-order valence-corrected chi connectivity index (χ4v) is 4.13. The zero-order valence-electron chi connectivity index (χ0n) is 19.2. The molecule has 1 saturated heterocycles. The summed E-state index contributed by atoms with van der Waals surface area (Å²) < 4.78 is 11.3. The van der Waals surface area contributed by atoms with E-state index in [4.69, 9.17) is 15.2 Å². The molecule has 5 N–H and O–H groups in total. The maximum absolute atomic E-state index is 12.8. The maximum Gasteiger partial charge on any atom is 0.313 e. The largest absolute Gasteiger partial charge is 0.462 e. The molecule has 176 valence electrons. The third-order valence-electron chi connectivity index (χ3n) is 6.11. The van der Waals surface area contributed by atoms with Crippen LogP contribution in [0.3, 0.4) is 0 Å². The van der Waals surface area contributed by atoms with E-state index in [1.807, 2.05) is 13.8 Å². The Balaban J connectivity index is 3.04. The van der Waals surface area contributed by atoms with Crippen LogP contribution in [-0.2, 0) is 19.1 Å². The molecule has 1 rings (SSSR count). The monoisotopic (exact) mass is 430 g/mol. The van der Waals surface area contributed by atoms with Crippen molar-refractivity contribution in [3.05, 3.63) is 0 Å². The predicted molar refractivity (Wildman–Crippen MR) is 114 cm³/mol. The lowest BCUT2D eigenvalue weighted by molar-refractivity contribution is -0.206. The van der Waals surface area contributed by atoms with Crippen LogP contribution < -0.4 is 11.1 Å². The van der Waals surface area contributed by atoms with E-state index in [9.17, 15) is 19.8 Å². The molecule has 30 heavy (non-hydrogen) atoms. The van der Waals surface area contributed by atoms with Crippen LogP contribution in [0.1, 0.15) is 60.3 Å². The van der Waals surface area contributed by atoms with E-state index >= 15 is 0 Å². The van der Waals surface area contributed by atoms with Gasteiger partial charge >= 0.3 is 5.97 Å². The topological polar surface area (TPSA) is 131 Å². The number of esters is 1. The summed E-state index contributed by atoms with van der Waals surface area (Å²) in [5.74, 6) is -1.03. The Kier molecular flexibility index (Phi) is 12.0. The molecule has 2 unspecified atom stereocenters. The first kappa shape index (κ1) is 27.0. The lowest BCUT2D eigenvalue weighted by Crippen LogP contribution is -2.44. The summed E-state index contributed by atoms with van der Waals surface area (Å²) in [4.78, 5) is 25.2. The van der Waals surface area contributed by atoms with Gasteiger partial charge in [0.1, 0.15) is 24.4 Å². The number of hydrogen-bond donors (Lipinski definition) is 4. The highest BCUT2D eigenvalue weighted by Gasteiger charge is 2.35. The van der Waals surface area contributed by atoms with Crippen LogP contribution in [0.5, 0.6) is 0 Å². The molecule has 1 aliphatic heterocycles. The van der Waals surface area contributed by atoms with Gasteiger partial charge in [-0.05, 0) is 50.1 Å². The first-order chi connectivity index (χ1) is 14.1. The van der Waals surface area contributed by atoms with E-state index < -0.39 is 30.4 Å². The van der Waals surface area contributed by atoms with Gasteiger partial charge in [0.2, 0.25) is 0 Å². The average Bonchev–Trinajstić information content (AvgIpc) is 2.70. The maximum atomic E-state index is 12.8. The van der Waals surface area contributed by atoms with E-state index in [2.05, 4.69) is 19.2 Å². The van der Waals surface area contributed by atoms with E-state index in [1.54, 1.807) is 6.92 Å². The second-order valence-corrected chi connectivity index (χ2v) is 8.95. The molecule has 0 amide bonds. The van der Waals surface area contributed by atoms with Crippen LogP contribution >= 0.6 is 0 Å². The van der Waals surface area contributed by atoms with E-state index in [-0.39, 0.29) is 36.7 Å². The zero-order chi connectivity index (χ0) is 22.8. The smallest absolute Gasteiger partial charge is 0.313 e. The lowest BCUT2D eigenvalue weighted by atomic mass is 9.84. The van der Waals surface area contributed by atoms with Crippen LogP contribution in [0.25, 0.3) is 0 Å². The van der Waals surface area contributed by atoms with Gasteiger partial charge in [0, 0.05) is 12.5 Å². The minimum Gasteiger partial charge on any atom is -0.462 e. The number of aliphatic hydroxyl groups is 2. The molecule has 0 aromatic heterocycles. The van der Waals surface area contributed by atoms with Crippen molar-refractivity contribution >= 4 is 11.8 Å². The summed E-state index contributed by atoms with van der Waals surface area (Å²) in [5.41, 5.74) is 5.41. The number of carbonyl (C=O) groups excluding carboxylic acids is 2. The van der Waals surface area contributed by atoms with Crippen molar-refractivity contribution in [1.29, 1.82) is 0 Å². The molecule has 0 saturated carbocycles. The number of rotatable bonds is 5. The molecule has 1 heterocycles. The van der Waals surface area contributed by atoms with Gasteiger partial charge in [0.25, 0.3) is 0 Å². The number of aliphatic hydroxyl groups excluding tert-OH is 2. The van der Waals surface area contributed by atoms with Crippen LogP contribution in [0.2, 0.25) is 0 Å². The Hall–Kier alpha value is -1.06. The highest BCUT2D eigenvalue weighted by Crippen LogP contribution is 2.27. The van der Waals surface area contributed by atoms with Gasteiger partial charge in [0.15, 0.2) is 6.29 Å². The number of ketones is 1. The molecule has 0 radical (unpaired) electrons. The lowest BCUT2D eigenvalue weighted by Gasteiger charge is -2.33. The van der Waals surface area contributed by atoms with E-state index in [1.165, 1.54) is 0 Å². The summed E-state index contributed by atoms with van der Waals surface area (Å²) in [5, 5.41) is 23.4. The number of carbonyl (C=O) groups is 2. The Morgan fingerprint density at radius 1 is 1.20 bits per heavy atom. The highest BCUT2D eigenvalue weighted by molar-refractivity contribution is 5.97. The molecule has 8 atom stereocenters. The number of nitrogens with one attached hydrogen (secondary N) is 1. The molecule has 0 aromatic carbocycles.